The van der Waals surface area contributed by atoms with Gasteiger partial charge in [-0.2, -0.15) is 4.31 Å². The van der Waals surface area contributed by atoms with Crippen molar-refractivity contribution in [1.29, 1.82) is 0 Å². The average Bonchev–Trinajstić information content (AvgIpc) is 2.63. The second-order valence-corrected chi connectivity index (χ2v) is 9.92. The number of hydrogen-bond acceptors (Lipinski definition) is 5. The quantitative estimate of drug-likeness (QED) is 0.778. The molecule has 0 aromatic heterocycles. The van der Waals surface area contributed by atoms with Gasteiger partial charge in [0.25, 0.3) is 0 Å². The predicted octanol–water partition coefficient (Wildman–Crippen LogP) is 2.56. The number of ether oxygens (including phenoxy) is 1. The van der Waals surface area contributed by atoms with E-state index in [0.29, 0.717) is 31.9 Å². The van der Waals surface area contributed by atoms with Crippen LogP contribution < -0.4 is 5.32 Å². The Morgan fingerprint density at radius 1 is 1.18 bits per heavy atom. The Labute approximate surface area is 172 Å². The molecule has 1 aromatic carbocycles. The van der Waals surface area contributed by atoms with Crippen LogP contribution in [0.3, 0.4) is 0 Å². The van der Waals surface area contributed by atoms with E-state index in [2.05, 4.69) is 5.32 Å². The highest BCUT2D eigenvalue weighted by molar-refractivity contribution is 7.89. The van der Waals surface area contributed by atoms with E-state index in [1.807, 2.05) is 18.7 Å². The van der Waals surface area contributed by atoms with Gasteiger partial charge in [0.1, 0.15) is 4.90 Å². The summed E-state index contributed by atoms with van der Waals surface area (Å²) in [4.78, 5) is 14.5. The molecule has 0 spiro atoms. The molecule has 3 rings (SSSR count). The minimum atomic E-state index is -3.67. The fourth-order valence-corrected chi connectivity index (χ4v) is 5.86. The summed E-state index contributed by atoms with van der Waals surface area (Å²) >= 11 is 6.18. The topological polar surface area (TPSA) is 79.0 Å². The van der Waals surface area contributed by atoms with Gasteiger partial charge in [0, 0.05) is 31.9 Å². The van der Waals surface area contributed by atoms with E-state index in [1.165, 1.54) is 16.4 Å². The van der Waals surface area contributed by atoms with Crippen molar-refractivity contribution in [3.8, 4) is 0 Å². The molecule has 28 heavy (non-hydrogen) atoms. The number of amides is 1. The highest BCUT2D eigenvalue weighted by Crippen LogP contribution is 2.29. The van der Waals surface area contributed by atoms with Gasteiger partial charge in [0.15, 0.2) is 0 Å². The van der Waals surface area contributed by atoms with E-state index >= 15 is 0 Å². The molecule has 1 aromatic rings. The van der Waals surface area contributed by atoms with Gasteiger partial charge in [-0.15, -0.1) is 0 Å². The zero-order chi connectivity index (χ0) is 20.3. The Morgan fingerprint density at radius 2 is 1.82 bits per heavy atom. The molecule has 0 bridgehead atoms. The van der Waals surface area contributed by atoms with Crippen LogP contribution in [-0.4, -0.2) is 68.5 Å². The maximum Gasteiger partial charge on any atom is 0.244 e. The smallest absolute Gasteiger partial charge is 0.244 e. The largest absolute Gasteiger partial charge is 0.373 e. The molecule has 2 saturated heterocycles. The van der Waals surface area contributed by atoms with E-state index in [-0.39, 0.29) is 34.6 Å². The summed E-state index contributed by atoms with van der Waals surface area (Å²) in [7, 11) is -3.67. The molecule has 7 nitrogen and oxygen atoms in total. The number of carbonyl (C=O) groups is 1. The van der Waals surface area contributed by atoms with Gasteiger partial charge >= 0.3 is 0 Å². The second kappa shape index (κ2) is 9.09. The molecule has 9 heteroatoms. The lowest BCUT2D eigenvalue weighted by molar-refractivity contribution is -0.121. The summed E-state index contributed by atoms with van der Waals surface area (Å²) in [5, 5.41) is 2.96. The minimum Gasteiger partial charge on any atom is -0.373 e. The summed E-state index contributed by atoms with van der Waals surface area (Å²) in [6, 6.07) is 4.60. The number of halogens is 1. The van der Waals surface area contributed by atoms with Crippen LogP contribution in [0.1, 0.15) is 33.1 Å². The van der Waals surface area contributed by atoms with Gasteiger partial charge in [0.05, 0.1) is 23.8 Å². The number of rotatable bonds is 5. The number of hydrogen-bond donors (Lipinski definition) is 1. The van der Waals surface area contributed by atoms with Gasteiger partial charge in [-0.05, 0) is 44.9 Å². The van der Waals surface area contributed by atoms with Crippen LogP contribution in [-0.2, 0) is 19.6 Å². The van der Waals surface area contributed by atoms with Crippen LogP contribution in [0.5, 0.6) is 0 Å². The van der Waals surface area contributed by atoms with Crippen molar-refractivity contribution in [3.05, 3.63) is 23.2 Å². The first-order chi connectivity index (χ1) is 13.3. The number of benzene rings is 1. The molecule has 0 radical (unpaired) electrons. The fraction of sp³-hybridized carbons (Fsp3) is 0.632. The zero-order valence-corrected chi connectivity index (χ0v) is 17.9. The first-order valence-corrected chi connectivity index (χ1v) is 11.5. The summed E-state index contributed by atoms with van der Waals surface area (Å²) in [5.41, 5.74) is 0.430. The van der Waals surface area contributed by atoms with Crippen LogP contribution in [0.4, 0.5) is 5.69 Å². The monoisotopic (exact) mass is 429 g/mol. The van der Waals surface area contributed by atoms with E-state index in [1.54, 1.807) is 6.07 Å². The van der Waals surface area contributed by atoms with E-state index in [0.717, 1.165) is 19.3 Å². The number of morpholine rings is 1. The number of sulfonamides is 1. The highest BCUT2D eigenvalue weighted by Gasteiger charge is 2.29. The number of nitrogens with zero attached hydrogens (tertiary/aromatic N) is 2. The summed E-state index contributed by atoms with van der Waals surface area (Å²) in [5.74, 6) is -0.190. The molecular weight excluding hydrogens is 402 g/mol. The molecule has 0 saturated carbocycles. The molecular formula is C19H28ClN3O4S. The van der Waals surface area contributed by atoms with Crippen LogP contribution in [0, 0.1) is 0 Å². The van der Waals surface area contributed by atoms with Gasteiger partial charge in [-0.1, -0.05) is 18.0 Å². The van der Waals surface area contributed by atoms with Crippen LogP contribution in [0.15, 0.2) is 23.1 Å². The van der Waals surface area contributed by atoms with Gasteiger partial charge in [0.2, 0.25) is 15.9 Å². The lowest BCUT2D eigenvalue weighted by atomic mass is 10.2. The fourth-order valence-electron chi connectivity index (χ4n) is 3.84. The molecule has 2 aliphatic rings. The van der Waals surface area contributed by atoms with Crippen molar-refractivity contribution >= 4 is 33.2 Å². The van der Waals surface area contributed by atoms with Crippen LogP contribution in [0.2, 0.25) is 5.02 Å². The number of piperidine rings is 1. The maximum absolute atomic E-state index is 12.9. The van der Waals surface area contributed by atoms with Gasteiger partial charge < -0.3 is 10.1 Å². The zero-order valence-electron chi connectivity index (χ0n) is 16.4. The molecule has 2 heterocycles. The van der Waals surface area contributed by atoms with Crippen molar-refractivity contribution < 1.29 is 17.9 Å². The SMILES string of the molecule is CC1CN(CC(=O)Nc2ccc(Cl)c(S(=O)(=O)N3CCCCC3)c2)CC(C)O1. The number of nitrogens with one attached hydrogen (secondary N) is 1. The third-order valence-corrected chi connectivity index (χ3v) is 7.39. The summed E-state index contributed by atoms with van der Waals surface area (Å²) in [6.07, 6.45) is 2.89. The van der Waals surface area contributed by atoms with Gasteiger partial charge in [-0.3, -0.25) is 9.69 Å². The number of anilines is 1. The predicted molar refractivity (Wildman–Crippen MR) is 109 cm³/mol. The molecule has 0 aliphatic carbocycles. The van der Waals surface area contributed by atoms with E-state index in [4.69, 9.17) is 16.3 Å². The third kappa shape index (κ3) is 5.24. The lowest BCUT2D eigenvalue weighted by Crippen LogP contribution is -2.48. The van der Waals surface area contributed by atoms with Crippen molar-refractivity contribution in [2.45, 2.75) is 50.2 Å². The van der Waals surface area contributed by atoms with Crippen molar-refractivity contribution in [2.24, 2.45) is 0 Å². The minimum absolute atomic E-state index is 0.0440. The van der Waals surface area contributed by atoms with E-state index < -0.39 is 10.0 Å². The third-order valence-electron chi connectivity index (χ3n) is 5.01. The molecule has 2 fully saturated rings. The second-order valence-electron chi connectivity index (χ2n) is 7.61. The Bertz CT molecular complexity index is 801. The maximum atomic E-state index is 12.9. The standard InChI is InChI=1S/C19H28ClN3O4S/c1-14-11-22(12-15(2)27-14)13-19(24)21-16-6-7-17(20)18(10-16)28(25,26)23-8-4-3-5-9-23/h6-7,10,14-15H,3-5,8-9,11-13H2,1-2H3,(H,21,24). The van der Waals surface area contributed by atoms with Crippen LogP contribution in [0.25, 0.3) is 0 Å². The molecule has 1 N–H and O–H groups in total. The Kier molecular flexibility index (Phi) is 6.98. The van der Waals surface area contributed by atoms with E-state index in [9.17, 15) is 13.2 Å². The molecule has 156 valence electrons. The highest BCUT2D eigenvalue weighted by atomic mass is 35.5. The Hall–Kier alpha value is -1.19. The molecule has 2 aliphatic heterocycles. The van der Waals surface area contributed by atoms with Crippen molar-refractivity contribution in [2.75, 3.05) is 38.0 Å². The van der Waals surface area contributed by atoms with Crippen molar-refractivity contribution in [1.82, 2.24) is 9.21 Å². The summed E-state index contributed by atoms with van der Waals surface area (Å²) < 4.78 is 33.0. The summed E-state index contributed by atoms with van der Waals surface area (Å²) in [6.45, 7) is 6.58. The van der Waals surface area contributed by atoms with Gasteiger partial charge in [-0.25, -0.2) is 8.42 Å². The van der Waals surface area contributed by atoms with Crippen LogP contribution >= 0.6 is 11.6 Å². The molecule has 1 amide bonds. The molecule has 2 unspecified atom stereocenters. The number of carbonyl (C=O) groups excluding carboxylic acids is 1. The first-order valence-electron chi connectivity index (χ1n) is 9.73. The lowest BCUT2D eigenvalue weighted by Gasteiger charge is -2.34. The van der Waals surface area contributed by atoms with Crippen molar-refractivity contribution in [3.63, 3.8) is 0 Å². The average molecular weight is 430 g/mol. The Balaban J connectivity index is 1.69. The first kappa shape index (κ1) is 21.5. The molecule has 2 atom stereocenters. The normalized spacial score (nSPS) is 24.8. The Morgan fingerprint density at radius 3 is 2.46 bits per heavy atom.